The summed E-state index contributed by atoms with van der Waals surface area (Å²) in [5.74, 6) is 0.517. The first kappa shape index (κ1) is 18.6. The third-order valence-electron chi connectivity index (χ3n) is 4.97. The topological polar surface area (TPSA) is 64.3 Å². The Balaban J connectivity index is 1.34. The van der Waals surface area contributed by atoms with Crippen LogP contribution in [0.3, 0.4) is 0 Å². The van der Waals surface area contributed by atoms with Gasteiger partial charge in [-0.05, 0) is 19.4 Å². The molecule has 2 aromatic rings. The van der Waals surface area contributed by atoms with Crippen LogP contribution in [0.5, 0.6) is 0 Å². The van der Waals surface area contributed by atoms with Gasteiger partial charge in [-0.3, -0.25) is 14.6 Å². The molecule has 26 heavy (non-hydrogen) atoms. The number of rotatable bonds is 7. The Labute approximate surface area is 155 Å². The van der Waals surface area contributed by atoms with Gasteiger partial charge in [-0.1, -0.05) is 30.3 Å². The Morgan fingerprint density at radius 2 is 1.88 bits per heavy atom. The van der Waals surface area contributed by atoms with E-state index >= 15 is 0 Å². The van der Waals surface area contributed by atoms with E-state index < -0.39 is 0 Å². The summed E-state index contributed by atoms with van der Waals surface area (Å²) in [5.41, 5.74) is 2.35. The van der Waals surface area contributed by atoms with Gasteiger partial charge in [0.2, 0.25) is 5.91 Å². The van der Waals surface area contributed by atoms with E-state index in [-0.39, 0.29) is 11.8 Å². The lowest BCUT2D eigenvalue weighted by molar-refractivity contribution is -0.122. The van der Waals surface area contributed by atoms with Crippen LogP contribution in [0.1, 0.15) is 29.9 Å². The highest BCUT2D eigenvalue weighted by Crippen LogP contribution is 2.11. The lowest BCUT2D eigenvalue weighted by Crippen LogP contribution is -2.48. The number of carbonyl (C=O) groups excluding carboxylic acids is 1. The molecule has 1 aromatic carbocycles. The molecule has 1 aliphatic heterocycles. The lowest BCUT2D eigenvalue weighted by atomic mass is 10.1. The van der Waals surface area contributed by atoms with E-state index in [1.807, 2.05) is 13.8 Å². The van der Waals surface area contributed by atoms with Crippen molar-refractivity contribution >= 4 is 5.91 Å². The smallest absolute Gasteiger partial charge is 0.230 e. The molecule has 2 N–H and O–H groups in total. The normalized spacial score (nSPS) is 17.2. The van der Waals surface area contributed by atoms with Crippen molar-refractivity contribution in [2.45, 2.75) is 26.3 Å². The molecule has 0 aliphatic carbocycles. The summed E-state index contributed by atoms with van der Waals surface area (Å²) in [5, 5.41) is 3.03. The zero-order valence-corrected chi connectivity index (χ0v) is 15.7. The number of amides is 1. The largest absolute Gasteiger partial charge is 0.354 e. The number of hydrogen-bond donors (Lipinski definition) is 2. The number of carbonyl (C=O) groups is 1. The van der Waals surface area contributed by atoms with E-state index in [0.717, 1.165) is 50.8 Å². The van der Waals surface area contributed by atoms with Gasteiger partial charge in [0.1, 0.15) is 5.82 Å². The van der Waals surface area contributed by atoms with Crippen molar-refractivity contribution in [3.05, 3.63) is 53.6 Å². The van der Waals surface area contributed by atoms with Crippen molar-refractivity contribution in [3.8, 4) is 0 Å². The molecule has 1 aromatic heterocycles. The van der Waals surface area contributed by atoms with Crippen molar-refractivity contribution in [2.24, 2.45) is 0 Å². The van der Waals surface area contributed by atoms with Crippen LogP contribution in [-0.4, -0.2) is 64.9 Å². The van der Waals surface area contributed by atoms with Gasteiger partial charge in [0.05, 0.1) is 5.92 Å². The van der Waals surface area contributed by atoms with Crippen LogP contribution in [0.4, 0.5) is 0 Å². The molecular formula is C20H29N5O. The van der Waals surface area contributed by atoms with Crippen molar-refractivity contribution in [1.29, 1.82) is 0 Å². The van der Waals surface area contributed by atoms with Gasteiger partial charge >= 0.3 is 0 Å². The summed E-state index contributed by atoms with van der Waals surface area (Å²) >= 11 is 0. The number of H-pyrrole nitrogens is 1. The van der Waals surface area contributed by atoms with Crippen LogP contribution in [0.15, 0.2) is 36.5 Å². The highest BCUT2D eigenvalue weighted by atomic mass is 16.1. The third kappa shape index (κ3) is 5.16. The fourth-order valence-electron chi connectivity index (χ4n) is 3.28. The average molecular weight is 355 g/mol. The highest BCUT2D eigenvalue weighted by molar-refractivity contribution is 5.82. The zero-order valence-electron chi connectivity index (χ0n) is 15.7. The second kappa shape index (κ2) is 8.96. The molecule has 2 heterocycles. The van der Waals surface area contributed by atoms with Crippen molar-refractivity contribution in [2.75, 3.05) is 39.3 Å². The fourth-order valence-corrected chi connectivity index (χ4v) is 3.28. The molecule has 0 saturated carbocycles. The summed E-state index contributed by atoms with van der Waals surface area (Å²) < 4.78 is 0. The molecule has 140 valence electrons. The van der Waals surface area contributed by atoms with Crippen molar-refractivity contribution in [1.82, 2.24) is 25.1 Å². The number of aromatic nitrogens is 2. The van der Waals surface area contributed by atoms with Crippen molar-refractivity contribution < 1.29 is 4.79 Å². The monoisotopic (exact) mass is 355 g/mol. The van der Waals surface area contributed by atoms with Crippen LogP contribution in [-0.2, 0) is 11.3 Å². The van der Waals surface area contributed by atoms with Gasteiger partial charge in [-0.25, -0.2) is 4.98 Å². The van der Waals surface area contributed by atoms with Crippen LogP contribution < -0.4 is 5.32 Å². The summed E-state index contributed by atoms with van der Waals surface area (Å²) in [6.07, 6.45) is 1.76. The van der Waals surface area contributed by atoms with E-state index in [2.05, 4.69) is 55.4 Å². The number of hydrogen-bond acceptors (Lipinski definition) is 4. The van der Waals surface area contributed by atoms with Crippen LogP contribution in [0.2, 0.25) is 0 Å². The molecule has 6 heteroatoms. The molecule has 1 fully saturated rings. The quantitative estimate of drug-likeness (QED) is 0.794. The van der Waals surface area contributed by atoms with Crippen LogP contribution in [0, 0.1) is 6.92 Å². The Kier molecular flexibility index (Phi) is 6.41. The molecule has 0 bridgehead atoms. The van der Waals surface area contributed by atoms with Gasteiger partial charge in [0, 0.05) is 57.7 Å². The second-order valence-corrected chi connectivity index (χ2v) is 7.07. The predicted octanol–water partition coefficient (Wildman–Crippen LogP) is 1.76. The number of piperazine rings is 1. The Morgan fingerprint density at radius 1 is 1.19 bits per heavy atom. The first-order valence-corrected chi connectivity index (χ1v) is 9.39. The number of aromatic amines is 1. The van der Waals surface area contributed by atoms with E-state index in [1.54, 1.807) is 6.20 Å². The van der Waals surface area contributed by atoms with E-state index in [0.29, 0.717) is 6.54 Å². The molecule has 1 unspecified atom stereocenters. The number of nitrogens with one attached hydrogen (secondary N) is 2. The first-order chi connectivity index (χ1) is 12.6. The van der Waals surface area contributed by atoms with Gasteiger partial charge in [-0.2, -0.15) is 0 Å². The summed E-state index contributed by atoms with van der Waals surface area (Å²) in [7, 11) is 0. The van der Waals surface area contributed by atoms with Crippen LogP contribution in [0.25, 0.3) is 0 Å². The van der Waals surface area contributed by atoms with Gasteiger partial charge < -0.3 is 10.3 Å². The highest BCUT2D eigenvalue weighted by Gasteiger charge is 2.19. The summed E-state index contributed by atoms with van der Waals surface area (Å²) in [6.45, 7) is 10.7. The van der Waals surface area contributed by atoms with Gasteiger partial charge in [-0.15, -0.1) is 0 Å². The van der Waals surface area contributed by atoms with Gasteiger partial charge in [0.25, 0.3) is 0 Å². The van der Waals surface area contributed by atoms with Gasteiger partial charge in [0.15, 0.2) is 0 Å². The maximum absolute atomic E-state index is 12.3. The fraction of sp³-hybridized carbons (Fsp3) is 0.500. The first-order valence-electron chi connectivity index (χ1n) is 9.39. The summed E-state index contributed by atoms with van der Waals surface area (Å²) in [4.78, 5) is 24.5. The van der Waals surface area contributed by atoms with E-state index in [9.17, 15) is 4.79 Å². The molecule has 1 aliphatic rings. The molecular weight excluding hydrogens is 326 g/mol. The Hall–Kier alpha value is -2.18. The molecule has 1 atom stereocenters. The second-order valence-electron chi connectivity index (χ2n) is 7.07. The third-order valence-corrected chi connectivity index (χ3v) is 4.97. The Morgan fingerprint density at radius 3 is 2.54 bits per heavy atom. The average Bonchev–Trinajstić information content (AvgIpc) is 3.09. The number of aryl methyl sites for hydroxylation is 1. The Bertz CT molecular complexity index is 691. The maximum atomic E-state index is 12.3. The standard InChI is InChI=1S/C20H29N5O/c1-16-14-22-19(23-16)17(2)20(26)21-8-9-24-10-12-25(13-11-24)15-18-6-4-3-5-7-18/h3-7,14,17H,8-13,15H2,1-2H3,(H,21,26)(H,22,23). The predicted molar refractivity (Wildman–Crippen MR) is 103 cm³/mol. The minimum absolute atomic E-state index is 0.0297. The van der Waals surface area contributed by atoms with E-state index in [4.69, 9.17) is 0 Å². The summed E-state index contributed by atoms with van der Waals surface area (Å²) in [6, 6.07) is 10.6. The maximum Gasteiger partial charge on any atom is 0.230 e. The molecule has 1 saturated heterocycles. The minimum atomic E-state index is -0.244. The van der Waals surface area contributed by atoms with Crippen LogP contribution >= 0.6 is 0 Å². The lowest BCUT2D eigenvalue weighted by Gasteiger charge is -2.34. The molecule has 0 radical (unpaired) electrons. The molecule has 1 amide bonds. The van der Waals surface area contributed by atoms with E-state index in [1.165, 1.54) is 5.56 Å². The number of nitrogens with zero attached hydrogens (tertiary/aromatic N) is 3. The number of imidazole rings is 1. The molecule has 0 spiro atoms. The molecule has 6 nitrogen and oxygen atoms in total. The minimum Gasteiger partial charge on any atom is -0.354 e. The van der Waals surface area contributed by atoms with Crippen molar-refractivity contribution in [3.63, 3.8) is 0 Å². The zero-order chi connectivity index (χ0) is 18.4. The SMILES string of the molecule is Cc1cnc(C(C)C(=O)NCCN2CCN(Cc3ccccc3)CC2)[nH]1. The number of benzene rings is 1. The molecule has 3 rings (SSSR count).